The zero-order valence-electron chi connectivity index (χ0n) is 12.0. The Kier molecular flexibility index (Phi) is 2.93. The molecule has 0 aromatic heterocycles. The molecule has 1 fully saturated rings. The van der Waals surface area contributed by atoms with E-state index in [1.807, 2.05) is 27.7 Å². The third-order valence-corrected chi connectivity index (χ3v) is 5.93. The fourth-order valence-corrected chi connectivity index (χ4v) is 4.63. The van der Waals surface area contributed by atoms with E-state index in [1.165, 1.54) is 0 Å². The summed E-state index contributed by atoms with van der Waals surface area (Å²) in [5.74, 6) is -5.67. The number of benzene rings is 1. The van der Waals surface area contributed by atoms with Crippen molar-refractivity contribution in [1.29, 1.82) is 0 Å². The third kappa shape index (κ3) is 1.43. The van der Waals surface area contributed by atoms with Crippen molar-refractivity contribution in [2.45, 2.75) is 39.5 Å². The van der Waals surface area contributed by atoms with Crippen LogP contribution in [0.25, 0.3) is 0 Å². The number of hydrogen-bond donors (Lipinski definition) is 0. The maximum Gasteiger partial charge on any atom is 0.197 e. The van der Waals surface area contributed by atoms with Gasteiger partial charge in [-0.15, -0.1) is 0 Å². The summed E-state index contributed by atoms with van der Waals surface area (Å²) in [5.41, 5.74) is 0.171. The van der Waals surface area contributed by atoms with Crippen molar-refractivity contribution in [3.63, 3.8) is 0 Å². The van der Waals surface area contributed by atoms with Gasteiger partial charge >= 0.3 is 0 Å². The molecule has 0 N–H and O–H groups in total. The molecule has 3 aliphatic rings. The van der Waals surface area contributed by atoms with E-state index < -0.39 is 23.3 Å². The molecule has 110 valence electrons. The van der Waals surface area contributed by atoms with Gasteiger partial charge in [0.2, 0.25) is 0 Å². The Labute approximate surface area is 116 Å². The Bertz CT molecular complexity index is 514. The van der Waals surface area contributed by atoms with Gasteiger partial charge in [0.1, 0.15) is 0 Å². The summed E-state index contributed by atoms with van der Waals surface area (Å²) in [6, 6.07) is 0. The second-order valence-corrected chi connectivity index (χ2v) is 6.57. The van der Waals surface area contributed by atoms with Gasteiger partial charge < -0.3 is 0 Å². The standard InChI is InChI=1S/C16H18F4/c1-5-6(2)10-8(4)7(3)9(5)11-12(10)14(18)16(20)15(19)13(11)17/h5-10H,1-4H3. The molecule has 4 rings (SSSR count). The Balaban J connectivity index is 2.37. The zero-order chi connectivity index (χ0) is 14.9. The van der Waals surface area contributed by atoms with Gasteiger partial charge in [0, 0.05) is 11.1 Å². The van der Waals surface area contributed by atoms with Crippen LogP contribution in [0.3, 0.4) is 0 Å². The van der Waals surface area contributed by atoms with E-state index in [2.05, 4.69) is 0 Å². The Hall–Kier alpha value is -1.06. The van der Waals surface area contributed by atoms with Crippen LogP contribution in [0.15, 0.2) is 0 Å². The molecule has 0 heterocycles. The molecule has 20 heavy (non-hydrogen) atoms. The van der Waals surface area contributed by atoms with E-state index in [1.54, 1.807) is 0 Å². The molecule has 0 spiro atoms. The monoisotopic (exact) mass is 286 g/mol. The Morgan fingerprint density at radius 2 is 0.750 bits per heavy atom. The second kappa shape index (κ2) is 4.22. The van der Waals surface area contributed by atoms with Crippen molar-refractivity contribution in [3.05, 3.63) is 34.4 Å². The zero-order valence-corrected chi connectivity index (χ0v) is 12.0. The van der Waals surface area contributed by atoms with Crippen molar-refractivity contribution in [2.24, 2.45) is 23.7 Å². The quantitative estimate of drug-likeness (QED) is 0.358. The van der Waals surface area contributed by atoms with Crippen LogP contribution < -0.4 is 0 Å². The van der Waals surface area contributed by atoms with Gasteiger partial charge in [0.25, 0.3) is 0 Å². The SMILES string of the molecule is CC1C(C)C2c3c(F)c(F)c(F)c(F)c3C1C(C)C2C. The summed E-state index contributed by atoms with van der Waals surface area (Å²) in [6.07, 6.45) is 0. The van der Waals surface area contributed by atoms with Crippen molar-refractivity contribution in [2.75, 3.05) is 0 Å². The number of halogens is 4. The average molecular weight is 286 g/mol. The fraction of sp³-hybridized carbons (Fsp3) is 0.625. The van der Waals surface area contributed by atoms with Crippen molar-refractivity contribution < 1.29 is 17.6 Å². The molecule has 0 amide bonds. The minimum atomic E-state index is -1.67. The average Bonchev–Trinajstić information content (AvgIpc) is 2.42. The number of fused-ring (bicyclic) bond motifs is 2. The molecule has 0 saturated heterocycles. The molecule has 4 atom stereocenters. The van der Waals surface area contributed by atoms with Gasteiger partial charge in [-0.05, 0) is 35.5 Å². The van der Waals surface area contributed by atoms with E-state index in [-0.39, 0.29) is 46.6 Å². The maximum absolute atomic E-state index is 14.2. The molecule has 4 heteroatoms. The highest BCUT2D eigenvalue weighted by molar-refractivity contribution is 5.44. The number of rotatable bonds is 0. The van der Waals surface area contributed by atoms with Crippen LogP contribution in [-0.2, 0) is 0 Å². The van der Waals surface area contributed by atoms with E-state index in [0.29, 0.717) is 0 Å². The minimum absolute atomic E-state index is 0.0857. The summed E-state index contributed by atoms with van der Waals surface area (Å²) in [7, 11) is 0. The first-order chi connectivity index (χ1) is 9.29. The first-order valence-electron chi connectivity index (χ1n) is 7.14. The molecule has 2 bridgehead atoms. The lowest BCUT2D eigenvalue weighted by Gasteiger charge is -2.54. The molecular formula is C16H18F4. The second-order valence-electron chi connectivity index (χ2n) is 6.57. The van der Waals surface area contributed by atoms with E-state index in [9.17, 15) is 17.6 Å². The van der Waals surface area contributed by atoms with Crippen molar-refractivity contribution >= 4 is 0 Å². The van der Waals surface area contributed by atoms with E-state index in [0.717, 1.165) is 0 Å². The normalized spacial score (nSPS) is 39.0. The first-order valence-corrected chi connectivity index (χ1v) is 7.14. The van der Waals surface area contributed by atoms with Gasteiger partial charge in [-0.25, -0.2) is 17.6 Å². The molecule has 1 aromatic rings. The molecular weight excluding hydrogens is 268 g/mol. The maximum atomic E-state index is 14.2. The molecule has 0 aliphatic heterocycles. The van der Waals surface area contributed by atoms with E-state index >= 15 is 0 Å². The predicted molar refractivity (Wildman–Crippen MR) is 68.4 cm³/mol. The summed E-state index contributed by atoms with van der Waals surface area (Å²) in [6.45, 7) is 7.97. The van der Waals surface area contributed by atoms with E-state index in [4.69, 9.17) is 0 Å². The molecule has 1 aromatic carbocycles. The van der Waals surface area contributed by atoms with Crippen molar-refractivity contribution in [1.82, 2.24) is 0 Å². The summed E-state index contributed by atoms with van der Waals surface area (Å²) < 4.78 is 55.5. The molecule has 0 nitrogen and oxygen atoms in total. The first kappa shape index (κ1) is 13.9. The molecule has 4 unspecified atom stereocenters. The summed E-state index contributed by atoms with van der Waals surface area (Å²) in [4.78, 5) is 0. The molecule has 1 saturated carbocycles. The minimum Gasteiger partial charge on any atom is -0.203 e. The Morgan fingerprint density at radius 3 is 1.00 bits per heavy atom. The third-order valence-electron chi connectivity index (χ3n) is 5.93. The van der Waals surface area contributed by atoms with Gasteiger partial charge in [0.15, 0.2) is 23.3 Å². The van der Waals surface area contributed by atoms with Gasteiger partial charge in [0.05, 0.1) is 0 Å². The van der Waals surface area contributed by atoms with Crippen LogP contribution in [0, 0.1) is 46.9 Å². The molecule has 0 radical (unpaired) electrons. The topological polar surface area (TPSA) is 0 Å². The lowest BCUT2D eigenvalue weighted by Crippen LogP contribution is -2.46. The highest BCUT2D eigenvalue weighted by Gasteiger charge is 2.53. The fourth-order valence-electron chi connectivity index (χ4n) is 4.63. The molecule has 3 aliphatic carbocycles. The van der Waals surface area contributed by atoms with Crippen LogP contribution in [0.1, 0.15) is 50.7 Å². The smallest absolute Gasteiger partial charge is 0.197 e. The lowest BCUT2D eigenvalue weighted by molar-refractivity contribution is 0.0624. The van der Waals surface area contributed by atoms with Crippen LogP contribution in [0.4, 0.5) is 17.6 Å². The highest BCUT2D eigenvalue weighted by Crippen LogP contribution is 2.61. The predicted octanol–water partition coefficient (Wildman–Crippen LogP) is 4.98. The van der Waals surface area contributed by atoms with Gasteiger partial charge in [-0.3, -0.25) is 0 Å². The Morgan fingerprint density at radius 1 is 0.500 bits per heavy atom. The summed E-state index contributed by atoms with van der Waals surface area (Å²) in [5, 5.41) is 0. The van der Waals surface area contributed by atoms with Gasteiger partial charge in [-0.1, -0.05) is 27.7 Å². The van der Waals surface area contributed by atoms with Crippen LogP contribution in [-0.4, -0.2) is 0 Å². The number of hydrogen-bond acceptors (Lipinski definition) is 0. The largest absolute Gasteiger partial charge is 0.203 e. The lowest BCUT2D eigenvalue weighted by atomic mass is 9.50. The van der Waals surface area contributed by atoms with Crippen LogP contribution in [0.5, 0.6) is 0 Å². The van der Waals surface area contributed by atoms with Crippen LogP contribution >= 0.6 is 0 Å². The van der Waals surface area contributed by atoms with Crippen LogP contribution in [0.2, 0.25) is 0 Å². The summed E-state index contributed by atoms with van der Waals surface area (Å²) >= 11 is 0. The van der Waals surface area contributed by atoms with Crippen molar-refractivity contribution in [3.8, 4) is 0 Å². The van der Waals surface area contributed by atoms with Gasteiger partial charge in [-0.2, -0.15) is 0 Å². The highest BCUT2D eigenvalue weighted by atomic mass is 19.2.